The number of halogens is 1. The summed E-state index contributed by atoms with van der Waals surface area (Å²) in [4.78, 5) is 22.1. The summed E-state index contributed by atoms with van der Waals surface area (Å²) in [5.74, 6) is -0.125. The van der Waals surface area contributed by atoms with Crippen molar-refractivity contribution in [2.24, 2.45) is 11.5 Å². The molecule has 5 N–H and O–H groups in total. The van der Waals surface area contributed by atoms with Crippen molar-refractivity contribution in [3.8, 4) is 5.75 Å². The second-order valence-electron chi connectivity index (χ2n) is 4.08. The van der Waals surface area contributed by atoms with Crippen molar-refractivity contribution in [3.63, 3.8) is 0 Å². The topological polar surface area (TPSA) is 107 Å². The summed E-state index contributed by atoms with van der Waals surface area (Å²) in [7, 11) is 0. The number of amides is 3. The Morgan fingerprint density at radius 3 is 2.53 bits per heavy atom. The zero-order chi connectivity index (χ0) is 14.6. The van der Waals surface area contributed by atoms with E-state index in [0.29, 0.717) is 5.75 Å². The van der Waals surface area contributed by atoms with E-state index in [1.165, 1.54) is 6.92 Å². The van der Waals surface area contributed by atoms with Gasteiger partial charge in [0, 0.05) is 16.1 Å². The molecule has 1 rings (SSSR count). The number of benzene rings is 1. The Labute approximate surface area is 119 Å². The van der Waals surface area contributed by atoms with Crippen LogP contribution in [-0.2, 0) is 4.79 Å². The van der Waals surface area contributed by atoms with Gasteiger partial charge < -0.3 is 16.2 Å². The first-order chi connectivity index (χ1) is 8.81. The van der Waals surface area contributed by atoms with E-state index in [-0.39, 0.29) is 6.04 Å². The monoisotopic (exact) mass is 329 g/mol. The number of primary amides is 1. The van der Waals surface area contributed by atoms with Crippen LogP contribution in [0.25, 0.3) is 0 Å². The maximum absolute atomic E-state index is 11.5. The van der Waals surface area contributed by atoms with Crippen molar-refractivity contribution >= 4 is 27.9 Å². The average molecular weight is 330 g/mol. The lowest BCUT2D eigenvalue weighted by molar-refractivity contribution is -0.126. The summed E-state index contributed by atoms with van der Waals surface area (Å²) in [5, 5.41) is 1.96. The van der Waals surface area contributed by atoms with E-state index in [1.54, 1.807) is 6.07 Å². The number of urea groups is 1. The van der Waals surface area contributed by atoms with Crippen LogP contribution in [0.2, 0.25) is 0 Å². The number of nitrogens with two attached hydrogens (primary N) is 2. The Hall–Kier alpha value is -1.60. The molecular weight excluding hydrogens is 314 g/mol. The average Bonchev–Trinajstić information content (AvgIpc) is 2.27. The molecule has 0 fully saturated rings. The standard InChI is InChI=1S/C12H16BrN3O3/c1-6(14)9-4-3-8(13)5-10(9)19-7(2)11(17)16-12(15)18/h3-7H,14H2,1-2H3,(H3,15,16,17,18)/t6-,7?/m1/s1. The van der Waals surface area contributed by atoms with Crippen molar-refractivity contribution < 1.29 is 14.3 Å². The molecule has 1 aromatic rings. The summed E-state index contributed by atoms with van der Waals surface area (Å²) in [5.41, 5.74) is 11.5. The molecule has 7 heteroatoms. The minimum absolute atomic E-state index is 0.241. The van der Waals surface area contributed by atoms with E-state index in [2.05, 4.69) is 15.9 Å². The minimum atomic E-state index is -0.915. The number of imide groups is 1. The first kappa shape index (κ1) is 15.5. The summed E-state index contributed by atoms with van der Waals surface area (Å²) in [6.07, 6.45) is -0.862. The van der Waals surface area contributed by atoms with E-state index in [1.807, 2.05) is 24.4 Å². The minimum Gasteiger partial charge on any atom is -0.480 e. The predicted octanol–water partition coefficient (Wildman–Crippen LogP) is 1.43. The Bertz CT molecular complexity index is 491. The van der Waals surface area contributed by atoms with Crippen molar-refractivity contribution in [3.05, 3.63) is 28.2 Å². The van der Waals surface area contributed by atoms with Crippen molar-refractivity contribution in [2.45, 2.75) is 26.0 Å². The van der Waals surface area contributed by atoms with Gasteiger partial charge in [0.1, 0.15) is 5.75 Å². The van der Waals surface area contributed by atoms with Gasteiger partial charge in [-0.15, -0.1) is 0 Å². The maximum Gasteiger partial charge on any atom is 0.318 e. The highest BCUT2D eigenvalue weighted by Gasteiger charge is 2.18. The molecule has 0 bridgehead atoms. The van der Waals surface area contributed by atoms with E-state index in [9.17, 15) is 9.59 Å². The predicted molar refractivity (Wildman–Crippen MR) is 74.6 cm³/mol. The first-order valence-electron chi connectivity index (χ1n) is 5.63. The lowest BCUT2D eigenvalue weighted by Gasteiger charge is -2.18. The molecule has 0 aromatic heterocycles. The number of ether oxygens (including phenoxy) is 1. The summed E-state index contributed by atoms with van der Waals surface area (Å²) < 4.78 is 6.32. The third-order valence-electron chi connectivity index (χ3n) is 2.39. The number of rotatable bonds is 4. The van der Waals surface area contributed by atoms with Gasteiger partial charge in [-0.1, -0.05) is 22.0 Å². The van der Waals surface area contributed by atoms with Crippen LogP contribution in [0.15, 0.2) is 22.7 Å². The third-order valence-corrected chi connectivity index (χ3v) is 2.88. The fourth-order valence-electron chi connectivity index (χ4n) is 1.45. The molecule has 0 spiro atoms. The summed E-state index contributed by atoms with van der Waals surface area (Å²) in [6.45, 7) is 3.33. The molecule has 1 unspecified atom stereocenters. The van der Waals surface area contributed by atoms with Crippen molar-refractivity contribution in [1.29, 1.82) is 0 Å². The largest absolute Gasteiger partial charge is 0.480 e. The van der Waals surface area contributed by atoms with Crippen LogP contribution >= 0.6 is 15.9 Å². The number of hydrogen-bond acceptors (Lipinski definition) is 4. The van der Waals surface area contributed by atoms with Crippen LogP contribution in [0.1, 0.15) is 25.5 Å². The molecule has 0 radical (unpaired) electrons. The van der Waals surface area contributed by atoms with E-state index < -0.39 is 18.0 Å². The van der Waals surface area contributed by atoms with Gasteiger partial charge >= 0.3 is 6.03 Å². The van der Waals surface area contributed by atoms with Gasteiger partial charge in [0.25, 0.3) is 5.91 Å². The second kappa shape index (κ2) is 6.53. The Kier molecular flexibility index (Phi) is 5.31. The molecule has 0 heterocycles. The van der Waals surface area contributed by atoms with E-state index >= 15 is 0 Å². The first-order valence-corrected chi connectivity index (χ1v) is 6.42. The smallest absolute Gasteiger partial charge is 0.318 e. The zero-order valence-electron chi connectivity index (χ0n) is 10.6. The fraction of sp³-hybridized carbons (Fsp3) is 0.333. The number of carbonyl (C=O) groups is 2. The van der Waals surface area contributed by atoms with Gasteiger partial charge in [0.15, 0.2) is 6.10 Å². The summed E-state index contributed by atoms with van der Waals surface area (Å²) >= 11 is 3.32. The molecule has 0 saturated carbocycles. The number of carbonyl (C=O) groups excluding carboxylic acids is 2. The summed E-state index contributed by atoms with van der Waals surface area (Å²) in [6, 6.07) is 4.20. The SMILES string of the molecule is CC(Oc1cc(Br)ccc1[C@@H](C)N)C(=O)NC(N)=O. The highest BCUT2D eigenvalue weighted by atomic mass is 79.9. The van der Waals surface area contributed by atoms with Crippen LogP contribution in [-0.4, -0.2) is 18.0 Å². The molecule has 2 atom stereocenters. The molecule has 6 nitrogen and oxygen atoms in total. The lowest BCUT2D eigenvalue weighted by atomic mass is 10.1. The van der Waals surface area contributed by atoms with Crippen LogP contribution in [0, 0.1) is 0 Å². The molecule has 0 aliphatic rings. The van der Waals surface area contributed by atoms with Gasteiger partial charge in [-0.2, -0.15) is 0 Å². The maximum atomic E-state index is 11.5. The fourth-order valence-corrected chi connectivity index (χ4v) is 1.79. The van der Waals surface area contributed by atoms with Crippen LogP contribution in [0.3, 0.4) is 0 Å². The molecule has 0 aliphatic carbocycles. The quantitative estimate of drug-likeness (QED) is 0.776. The Morgan fingerprint density at radius 1 is 1.37 bits per heavy atom. The van der Waals surface area contributed by atoms with Gasteiger partial charge in [-0.25, -0.2) is 4.79 Å². The van der Waals surface area contributed by atoms with Crippen LogP contribution in [0.5, 0.6) is 5.75 Å². The second-order valence-corrected chi connectivity index (χ2v) is 5.00. The van der Waals surface area contributed by atoms with E-state index in [4.69, 9.17) is 16.2 Å². The van der Waals surface area contributed by atoms with Crippen molar-refractivity contribution in [2.75, 3.05) is 0 Å². The molecule has 19 heavy (non-hydrogen) atoms. The van der Waals surface area contributed by atoms with Gasteiger partial charge in [-0.3, -0.25) is 10.1 Å². The van der Waals surface area contributed by atoms with Gasteiger partial charge in [0.2, 0.25) is 0 Å². The van der Waals surface area contributed by atoms with E-state index in [0.717, 1.165) is 10.0 Å². The third kappa shape index (κ3) is 4.53. The van der Waals surface area contributed by atoms with Crippen LogP contribution in [0.4, 0.5) is 4.79 Å². The van der Waals surface area contributed by atoms with Gasteiger partial charge in [0.05, 0.1) is 0 Å². The molecule has 1 aromatic carbocycles. The number of nitrogens with one attached hydrogen (secondary N) is 1. The highest BCUT2D eigenvalue weighted by Crippen LogP contribution is 2.28. The molecule has 104 valence electrons. The Balaban J connectivity index is 2.89. The zero-order valence-corrected chi connectivity index (χ0v) is 12.2. The lowest BCUT2D eigenvalue weighted by Crippen LogP contribution is -2.42. The molecular formula is C12H16BrN3O3. The van der Waals surface area contributed by atoms with Crippen LogP contribution < -0.4 is 21.5 Å². The Morgan fingerprint density at radius 2 is 2.00 bits per heavy atom. The normalized spacial score (nSPS) is 13.5. The van der Waals surface area contributed by atoms with Gasteiger partial charge in [-0.05, 0) is 26.0 Å². The molecule has 3 amide bonds. The number of hydrogen-bond donors (Lipinski definition) is 3. The van der Waals surface area contributed by atoms with Crippen molar-refractivity contribution in [1.82, 2.24) is 5.32 Å². The molecule has 0 saturated heterocycles. The highest BCUT2D eigenvalue weighted by molar-refractivity contribution is 9.10. The molecule has 0 aliphatic heterocycles.